The lowest BCUT2D eigenvalue weighted by Gasteiger charge is -2.01. The van der Waals surface area contributed by atoms with E-state index < -0.39 is 0 Å². The van der Waals surface area contributed by atoms with Gasteiger partial charge in [-0.1, -0.05) is 23.8 Å². The van der Waals surface area contributed by atoms with E-state index >= 15 is 0 Å². The van der Waals surface area contributed by atoms with E-state index in [4.69, 9.17) is 11.6 Å². The fraction of sp³-hybridized carbons (Fsp3) is 0.125. The van der Waals surface area contributed by atoms with Gasteiger partial charge < -0.3 is 0 Å². The average Bonchev–Trinajstić information content (AvgIpc) is 2.45. The first-order chi connectivity index (χ1) is 5.29. The normalized spacial score (nSPS) is 13.6. The van der Waals surface area contributed by atoms with Gasteiger partial charge >= 0.3 is 0 Å². The standard InChI is InChI=1S/C8H5BrClN/c9-7-4-11-8(10)6-3-1-2-5(6)7/h1,3-4H,2H2. The van der Waals surface area contributed by atoms with E-state index in [1.165, 1.54) is 5.56 Å². The van der Waals surface area contributed by atoms with Crippen LogP contribution in [0.4, 0.5) is 0 Å². The van der Waals surface area contributed by atoms with Gasteiger partial charge in [-0.2, -0.15) is 0 Å². The Bertz CT molecular complexity index is 333. The first-order valence-corrected chi connectivity index (χ1v) is 4.45. The summed E-state index contributed by atoms with van der Waals surface area (Å²) in [5.74, 6) is 0. The van der Waals surface area contributed by atoms with Crippen LogP contribution in [-0.4, -0.2) is 4.98 Å². The van der Waals surface area contributed by atoms with Crippen molar-refractivity contribution in [3.05, 3.63) is 33.0 Å². The van der Waals surface area contributed by atoms with Gasteiger partial charge in [-0.15, -0.1) is 0 Å². The second-order valence-corrected chi connectivity index (χ2v) is 3.61. The van der Waals surface area contributed by atoms with E-state index in [2.05, 4.69) is 27.0 Å². The van der Waals surface area contributed by atoms with Crippen molar-refractivity contribution in [1.29, 1.82) is 0 Å². The van der Waals surface area contributed by atoms with E-state index in [0.29, 0.717) is 5.15 Å². The summed E-state index contributed by atoms with van der Waals surface area (Å²) in [6.07, 6.45) is 6.80. The summed E-state index contributed by atoms with van der Waals surface area (Å²) in [7, 11) is 0. The van der Waals surface area contributed by atoms with Gasteiger partial charge in [0.25, 0.3) is 0 Å². The zero-order valence-corrected chi connectivity index (χ0v) is 7.98. The molecule has 0 atom stereocenters. The number of hydrogen-bond acceptors (Lipinski definition) is 1. The van der Waals surface area contributed by atoms with Crippen LogP contribution in [-0.2, 0) is 6.42 Å². The van der Waals surface area contributed by atoms with Crippen LogP contribution < -0.4 is 0 Å². The number of nitrogens with zero attached hydrogens (tertiary/aromatic N) is 1. The predicted octanol–water partition coefficient (Wildman–Crippen LogP) is 3.07. The highest BCUT2D eigenvalue weighted by atomic mass is 79.9. The minimum atomic E-state index is 0.594. The van der Waals surface area contributed by atoms with Gasteiger partial charge in [0, 0.05) is 16.2 Å². The molecule has 1 heterocycles. The van der Waals surface area contributed by atoms with Crippen molar-refractivity contribution >= 4 is 33.6 Å². The van der Waals surface area contributed by atoms with Crippen molar-refractivity contribution in [1.82, 2.24) is 4.98 Å². The van der Waals surface area contributed by atoms with Crippen LogP contribution in [0.5, 0.6) is 0 Å². The van der Waals surface area contributed by atoms with Crippen molar-refractivity contribution in [3.63, 3.8) is 0 Å². The van der Waals surface area contributed by atoms with Gasteiger partial charge in [0.05, 0.1) is 0 Å². The minimum absolute atomic E-state index is 0.594. The highest BCUT2D eigenvalue weighted by Gasteiger charge is 2.12. The molecule has 0 unspecified atom stereocenters. The largest absolute Gasteiger partial charge is 0.243 e. The van der Waals surface area contributed by atoms with E-state index in [-0.39, 0.29) is 0 Å². The van der Waals surface area contributed by atoms with E-state index in [1.807, 2.05) is 6.08 Å². The molecule has 1 aliphatic rings. The molecule has 0 saturated heterocycles. The molecule has 0 aromatic carbocycles. The first-order valence-electron chi connectivity index (χ1n) is 3.28. The molecule has 0 bridgehead atoms. The monoisotopic (exact) mass is 229 g/mol. The molecule has 1 nitrogen and oxygen atoms in total. The average molecular weight is 230 g/mol. The van der Waals surface area contributed by atoms with Crippen LogP contribution in [0.3, 0.4) is 0 Å². The Balaban J connectivity index is 2.71. The zero-order chi connectivity index (χ0) is 7.84. The second kappa shape index (κ2) is 2.61. The number of fused-ring (bicyclic) bond motifs is 1. The van der Waals surface area contributed by atoms with Crippen molar-refractivity contribution in [2.24, 2.45) is 0 Å². The van der Waals surface area contributed by atoms with Crippen LogP contribution in [0.15, 0.2) is 16.7 Å². The van der Waals surface area contributed by atoms with Gasteiger partial charge in [-0.25, -0.2) is 4.98 Å². The van der Waals surface area contributed by atoms with Gasteiger partial charge in [0.2, 0.25) is 0 Å². The fourth-order valence-corrected chi connectivity index (χ4v) is 1.89. The SMILES string of the molecule is Clc1ncc(Br)c2c1C=CC2. The topological polar surface area (TPSA) is 12.9 Å². The summed E-state index contributed by atoms with van der Waals surface area (Å²) in [6, 6.07) is 0. The quantitative estimate of drug-likeness (QED) is 0.624. The van der Waals surface area contributed by atoms with Crippen LogP contribution >= 0.6 is 27.5 Å². The minimum Gasteiger partial charge on any atom is -0.243 e. The summed E-state index contributed by atoms with van der Waals surface area (Å²) >= 11 is 9.28. The number of allylic oxidation sites excluding steroid dienone is 1. The molecule has 1 aliphatic carbocycles. The number of aromatic nitrogens is 1. The molecular weight excluding hydrogens is 225 g/mol. The summed E-state index contributed by atoms with van der Waals surface area (Å²) < 4.78 is 1.04. The maximum absolute atomic E-state index is 5.86. The molecular formula is C8H5BrClN. The fourth-order valence-electron chi connectivity index (χ4n) is 1.19. The number of halogens is 2. The summed E-state index contributed by atoms with van der Waals surface area (Å²) in [4.78, 5) is 4.02. The molecule has 1 aromatic heterocycles. The molecule has 1 aromatic rings. The second-order valence-electron chi connectivity index (χ2n) is 2.40. The van der Waals surface area contributed by atoms with Crippen molar-refractivity contribution in [2.75, 3.05) is 0 Å². The van der Waals surface area contributed by atoms with Gasteiger partial charge in [-0.3, -0.25) is 0 Å². The highest BCUT2D eigenvalue weighted by molar-refractivity contribution is 9.10. The van der Waals surface area contributed by atoms with Gasteiger partial charge in [-0.05, 0) is 27.9 Å². The first kappa shape index (κ1) is 7.32. The molecule has 0 N–H and O–H groups in total. The Morgan fingerprint density at radius 1 is 1.55 bits per heavy atom. The van der Waals surface area contributed by atoms with Crippen molar-refractivity contribution in [3.8, 4) is 0 Å². The maximum atomic E-state index is 5.86. The van der Waals surface area contributed by atoms with E-state index in [0.717, 1.165) is 16.5 Å². The molecule has 2 rings (SSSR count). The lowest BCUT2D eigenvalue weighted by molar-refractivity contribution is 1.21. The molecule has 0 spiro atoms. The Labute approximate surface area is 78.2 Å². The molecule has 0 fully saturated rings. The van der Waals surface area contributed by atoms with Gasteiger partial charge in [0.1, 0.15) is 5.15 Å². The molecule has 0 saturated carbocycles. The smallest absolute Gasteiger partial charge is 0.136 e. The highest BCUT2D eigenvalue weighted by Crippen LogP contribution is 2.30. The van der Waals surface area contributed by atoms with E-state index in [1.54, 1.807) is 6.20 Å². The summed E-state index contributed by atoms with van der Waals surface area (Å²) in [5, 5.41) is 0.594. The molecule has 3 heteroatoms. The number of hydrogen-bond donors (Lipinski definition) is 0. The number of rotatable bonds is 0. The molecule has 11 heavy (non-hydrogen) atoms. The molecule has 0 aliphatic heterocycles. The number of pyridine rings is 1. The van der Waals surface area contributed by atoms with Crippen LogP contribution in [0.25, 0.3) is 6.08 Å². The van der Waals surface area contributed by atoms with Crippen LogP contribution in [0.1, 0.15) is 11.1 Å². The van der Waals surface area contributed by atoms with E-state index in [9.17, 15) is 0 Å². The summed E-state index contributed by atoms with van der Waals surface area (Å²) in [6.45, 7) is 0. The van der Waals surface area contributed by atoms with Crippen molar-refractivity contribution < 1.29 is 0 Å². The Kier molecular flexibility index (Phi) is 1.74. The Hall–Kier alpha value is -0.340. The molecule has 0 radical (unpaired) electrons. The van der Waals surface area contributed by atoms with Crippen LogP contribution in [0.2, 0.25) is 5.15 Å². The lowest BCUT2D eigenvalue weighted by atomic mass is 10.2. The van der Waals surface area contributed by atoms with Crippen molar-refractivity contribution in [2.45, 2.75) is 6.42 Å². The molecule has 56 valence electrons. The molecule has 0 amide bonds. The predicted molar refractivity (Wildman–Crippen MR) is 49.7 cm³/mol. The zero-order valence-electron chi connectivity index (χ0n) is 5.64. The Morgan fingerprint density at radius 3 is 3.09 bits per heavy atom. The maximum Gasteiger partial charge on any atom is 0.136 e. The summed E-state index contributed by atoms with van der Waals surface area (Å²) in [5.41, 5.74) is 2.30. The van der Waals surface area contributed by atoms with Crippen LogP contribution in [0, 0.1) is 0 Å². The van der Waals surface area contributed by atoms with Gasteiger partial charge in [0.15, 0.2) is 0 Å². The third-order valence-corrected chi connectivity index (χ3v) is 2.72. The third kappa shape index (κ3) is 1.10. The third-order valence-electron chi connectivity index (χ3n) is 1.73. The Morgan fingerprint density at radius 2 is 2.36 bits per heavy atom. The lowest BCUT2D eigenvalue weighted by Crippen LogP contribution is -1.87.